The lowest BCUT2D eigenvalue weighted by molar-refractivity contribution is -0.119. The smallest absolute Gasteiger partial charge is 0.332 e. The number of amides is 1. The molecule has 1 N–H and O–H groups in total. The number of nitriles is 1. The van der Waals surface area contributed by atoms with Crippen LogP contribution >= 0.6 is 0 Å². The minimum atomic E-state index is -0.433. The van der Waals surface area contributed by atoms with Gasteiger partial charge in [-0.1, -0.05) is 18.2 Å². The minimum Gasteiger partial charge on any atom is -0.356 e. The summed E-state index contributed by atoms with van der Waals surface area (Å²) in [6.45, 7) is 2.87. The van der Waals surface area contributed by atoms with Gasteiger partial charge in [-0.3, -0.25) is 18.7 Å². The highest BCUT2D eigenvalue weighted by Crippen LogP contribution is 2.20. The largest absolute Gasteiger partial charge is 0.356 e. The number of carbonyl (C=O) groups excluding carboxylic acids is 1. The van der Waals surface area contributed by atoms with E-state index in [0.717, 1.165) is 17.4 Å². The van der Waals surface area contributed by atoms with Crippen molar-refractivity contribution in [1.29, 1.82) is 5.26 Å². The van der Waals surface area contributed by atoms with Gasteiger partial charge in [0, 0.05) is 39.2 Å². The van der Waals surface area contributed by atoms with Crippen LogP contribution in [0, 0.1) is 11.3 Å². The molecule has 8 heteroatoms. The Morgan fingerprint density at radius 1 is 1.32 bits per heavy atom. The Labute approximate surface area is 162 Å². The van der Waals surface area contributed by atoms with Crippen LogP contribution in [0.15, 0.2) is 39.9 Å². The highest BCUT2D eigenvalue weighted by atomic mass is 16.2. The number of hydrogen-bond acceptors (Lipinski definition) is 5. The first-order valence-electron chi connectivity index (χ1n) is 9.21. The molecule has 1 aromatic heterocycles. The van der Waals surface area contributed by atoms with Crippen LogP contribution < -0.4 is 21.5 Å². The van der Waals surface area contributed by atoms with Crippen LogP contribution in [0.4, 0.5) is 5.82 Å². The van der Waals surface area contributed by atoms with Crippen molar-refractivity contribution in [1.82, 2.24) is 14.5 Å². The summed E-state index contributed by atoms with van der Waals surface area (Å²) < 4.78 is 2.58. The maximum atomic E-state index is 12.9. The maximum absolute atomic E-state index is 12.9. The Kier molecular flexibility index (Phi) is 5.64. The lowest BCUT2D eigenvalue weighted by Gasteiger charge is -2.35. The molecule has 0 aliphatic carbocycles. The van der Waals surface area contributed by atoms with Gasteiger partial charge in [0.1, 0.15) is 5.82 Å². The third-order valence-electron chi connectivity index (χ3n) is 5.00. The van der Waals surface area contributed by atoms with Gasteiger partial charge in [0.15, 0.2) is 0 Å². The van der Waals surface area contributed by atoms with Gasteiger partial charge in [-0.25, -0.2) is 4.79 Å². The second-order valence-electron chi connectivity index (χ2n) is 7.02. The Morgan fingerprint density at radius 3 is 2.79 bits per heavy atom. The number of anilines is 1. The molecule has 0 unspecified atom stereocenters. The van der Waals surface area contributed by atoms with Gasteiger partial charge < -0.3 is 10.2 Å². The molecule has 0 bridgehead atoms. The van der Waals surface area contributed by atoms with Crippen molar-refractivity contribution < 1.29 is 4.79 Å². The van der Waals surface area contributed by atoms with Gasteiger partial charge in [0.2, 0.25) is 5.91 Å². The van der Waals surface area contributed by atoms with Crippen LogP contribution in [0.25, 0.3) is 0 Å². The summed E-state index contributed by atoms with van der Waals surface area (Å²) in [5.74, 6) is 0.409. The van der Waals surface area contributed by atoms with Gasteiger partial charge in [0.05, 0.1) is 18.2 Å². The Morgan fingerprint density at radius 2 is 2.07 bits per heavy atom. The second kappa shape index (κ2) is 8.13. The van der Waals surface area contributed by atoms with E-state index in [1.165, 1.54) is 24.6 Å². The predicted octanol–water partition coefficient (Wildman–Crippen LogP) is 0.572. The number of carbonyl (C=O) groups is 1. The van der Waals surface area contributed by atoms with Crippen LogP contribution in [0.1, 0.15) is 30.9 Å². The molecule has 1 fully saturated rings. The fourth-order valence-corrected chi connectivity index (χ4v) is 3.60. The Balaban J connectivity index is 2.04. The third-order valence-corrected chi connectivity index (χ3v) is 5.00. The van der Waals surface area contributed by atoms with Crippen LogP contribution in [0.5, 0.6) is 0 Å². The summed E-state index contributed by atoms with van der Waals surface area (Å²) in [4.78, 5) is 38.5. The number of nitrogens with zero attached hydrogens (tertiary/aromatic N) is 4. The normalized spacial score (nSPS) is 16.5. The molecule has 0 saturated carbocycles. The molecule has 1 aliphatic heterocycles. The van der Waals surface area contributed by atoms with Gasteiger partial charge in [0.25, 0.3) is 5.56 Å². The first-order valence-corrected chi connectivity index (χ1v) is 9.21. The molecule has 1 aliphatic rings. The van der Waals surface area contributed by atoms with Crippen molar-refractivity contribution in [3.05, 3.63) is 62.3 Å². The Hall–Kier alpha value is -3.34. The molecule has 146 valence electrons. The number of benzene rings is 1. The van der Waals surface area contributed by atoms with E-state index in [1.807, 2.05) is 11.0 Å². The molecule has 1 amide bonds. The molecule has 3 rings (SSSR count). The minimum absolute atomic E-state index is 0.0368. The topological polar surface area (TPSA) is 100 Å². The zero-order valence-electron chi connectivity index (χ0n) is 16.0. The van der Waals surface area contributed by atoms with Crippen LogP contribution in [-0.2, 0) is 18.4 Å². The van der Waals surface area contributed by atoms with E-state index in [-0.39, 0.29) is 24.1 Å². The number of piperidine rings is 1. The summed E-state index contributed by atoms with van der Waals surface area (Å²) in [5, 5.41) is 12.3. The summed E-state index contributed by atoms with van der Waals surface area (Å²) >= 11 is 0. The first-order chi connectivity index (χ1) is 13.4. The van der Waals surface area contributed by atoms with E-state index in [0.29, 0.717) is 30.0 Å². The molecule has 1 atom stereocenters. The van der Waals surface area contributed by atoms with Gasteiger partial charge >= 0.3 is 5.69 Å². The van der Waals surface area contributed by atoms with Crippen molar-refractivity contribution in [3.8, 4) is 6.07 Å². The zero-order valence-corrected chi connectivity index (χ0v) is 16.0. The summed E-state index contributed by atoms with van der Waals surface area (Å²) in [6, 6.07) is 10.7. The highest BCUT2D eigenvalue weighted by Gasteiger charge is 2.24. The second-order valence-corrected chi connectivity index (χ2v) is 7.02. The fourth-order valence-electron chi connectivity index (χ4n) is 3.60. The third kappa shape index (κ3) is 3.98. The summed E-state index contributed by atoms with van der Waals surface area (Å²) in [5.41, 5.74) is 0.384. The van der Waals surface area contributed by atoms with Gasteiger partial charge in [-0.2, -0.15) is 5.26 Å². The predicted molar refractivity (Wildman–Crippen MR) is 105 cm³/mol. The number of aromatic nitrogens is 2. The van der Waals surface area contributed by atoms with Gasteiger partial charge in [-0.05, 0) is 24.5 Å². The number of hydrogen-bond donors (Lipinski definition) is 1. The highest BCUT2D eigenvalue weighted by molar-refractivity contribution is 5.73. The molecule has 1 saturated heterocycles. The average Bonchev–Trinajstić information content (AvgIpc) is 2.68. The quantitative estimate of drug-likeness (QED) is 0.835. The molecule has 2 aromatic rings. The molecule has 0 radical (unpaired) electrons. The van der Waals surface area contributed by atoms with Crippen molar-refractivity contribution in [2.24, 2.45) is 7.05 Å². The van der Waals surface area contributed by atoms with Crippen molar-refractivity contribution in [2.45, 2.75) is 32.4 Å². The molecule has 28 heavy (non-hydrogen) atoms. The molecule has 1 aromatic carbocycles. The number of nitrogens with one attached hydrogen (secondary N) is 1. The lowest BCUT2D eigenvalue weighted by atomic mass is 10.1. The molecular formula is C20H23N5O3. The fraction of sp³-hybridized carbons (Fsp3) is 0.400. The monoisotopic (exact) mass is 381 g/mol. The van der Waals surface area contributed by atoms with E-state index in [2.05, 4.69) is 11.4 Å². The lowest BCUT2D eigenvalue weighted by Crippen LogP contribution is -2.50. The standard InChI is InChI=1S/C20H23N5O3/c1-14(26)22-17-8-5-9-24(13-17)18-10-19(27)23(2)20(28)25(18)12-16-7-4-3-6-15(16)11-21/h3-4,6-7,10,17H,5,8-9,12-13H2,1-2H3,(H,22,26)/t17-/m1/s1. The molecule has 8 nitrogen and oxygen atoms in total. The van der Waals surface area contributed by atoms with E-state index in [1.54, 1.807) is 18.2 Å². The summed E-state index contributed by atoms with van der Waals surface area (Å²) in [6.07, 6.45) is 1.69. The van der Waals surface area contributed by atoms with Gasteiger partial charge in [-0.15, -0.1) is 0 Å². The van der Waals surface area contributed by atoms with Crippen molar-refractivity contribution in [2.75, 3.05) is 18.0 Å². The first kappa shape index (κ1) is 19.4. The van der Waals surface area contributed by atoms with Crippen LogP contribution in [-0.4, -0.2) is 34.2 Å². The number of rotatable bonds is 4. The molecule has 2 heterocycles. The van der Waals surface area contributed by atoms with E-state index in [4.69, 9.17) is 0 Å². The SMILES string of the molecule is CC(=O)N[C@@H]1CCCN(c2cc(=O)n(C)c(=O)n2Cc2ccccc2C#N)C1. The zero-order chi connectivity index (χ0) is 20.3. The van der Waals surface area contributed by atoms with Crippen LogP contribution in [0.2, 0.25) is 0 Å². The molecule has 0 spiro atoms. The van der Waals surface area contributed by atoms with Crippen molar-refractivity contribution in [3.63, 3.8) is 0 Å². The molecular weight excluding hydrogens is 358 g/mol. The average molecular weight is 381 g/mol. The van der Waals surface area contributed by atoms with E-state index < -0.39 is 5.69 Å². The van der Waals surface area contributed by atoms with Crippen LogP contribution in [0.3, 0.4) is 0 Å². The van der Waals surface area contributed by atoms with E-state index in [9.17, 15) is 19.6 Å². The van der Waals surface area contributed by atoms with Crippen molar-refractivity contribution >= 4 is 11.7 Å². The van der Waals surface area contributed by atoms with E-state index >= 15 is 0 Å². The maximum Gasteiger partial charge on any atom is 0.332 e. The Bertz CT molecular complexity index is 1050. The summed E-state index contributed by atoms with van der Waals surface area (Å²) in [7, 11) is 1.44.